The summed E-state index contributed by atoms with van der Waals surface area (Å²) in [6.45, 7) is 4.01. The summed E-state index contributed by atoms with van der Waals surface area (Å²) in [5.74, 6) is 0. The molecule has 0 saturated carbocycles. The largest absolute Gasteiger partial charge is 0.378 e. The van der Waals surface area contributed by atoms with Crippen LogP contribution in [-0.4, -0.2) is 18.7 Å². The van der Waals surface area contributed by atoms with Crippen LogP contribution in [-0.2, 0) is 0 Å². The van der Waals surface area contributed by atoms with Crippen molar-refractivity contribution in [2.24, 2.45) is 0 Å². The summed E-state index contributed by atoms with van der Waals surface area (Å²) < 4.78 is 2.12. The van der Waals surface area contributed by atoms with Crippen molar-refractivity contribution >= 4 is 11.8 Å². The zero-order valence-corrected chi connectivity index (χ0v) is 13.3. The van der Waals surface area contributed by atoms with Gasteiger partial charge in [0.15, 0.2) is 0 Å². The van der Waals surface area contributed by atoms with Gasteiger partial charge in [-0.1, -0.05) is 0 Å². The Morgan fingerprint density at radius 2 is 1.68 bits per heavy atom. The lowest BCUT2D eigenvalue weighted by molar-refractivity contribution is 0.963. The molecule has 0 aliphatic rings. The molecule has 0 spiro atoms. The molecule has 1 aromatic heterocycles. The lowest BCUT2D eigenvalue weighted by Gasteiger charge is -2.14. The second kappa shape index (κ2) is 6.20. The topological polar surface area (TPSA) is 55.8 Å². The molecule has 0 radical (unpaired) electrons. The Bertz CT molecular complexity index is 777. The molecule has 0 fully saturated rings. The van der Waals surface area contributed by atoms with E-state index in [9.17, 15) is 0 Å². The first-order valence-corrected chi connectivity index (χ1v) is 6.96. The van der Waals surface area contributed by atoms with Gasteiger partial charge < -0.3 is 9.47 Å². The number of nitrogens with zero attached hydrogens (tertiary/aromatic N) is 4. The van der Waals surface area contributed by atoms with Crippen LogP contribution in [0.2, 0.25) is 0 Å². The molecular formula is C18H18N4. The van der Waals surface area contributed by atoms with Crippen LogP contribution in [0.15, 0.2) is 35.9 Å². The number of rotatable bonds is 3. The highest BCUT2D eigenvalue weighted by Gasteiger charge is 2.10. The molecule has 0 N–H and O–H groups in total. The van der Waals surface area contributed by atoms with Crippen LogP contribution < -0.4 is 4.90 Å². The quantitative estimate of drug-likeness (QED) is 0.812. The minimum atomic E-state index is 0.114. The van der Waals surface area contributed by atoms with E-state index >= 15 is 0 Å². The number of benzene rings is 1. The Balaban J connectivity index is 2.50. The summed E-state index contributed by atoms with van der Waals surface area (Å²) in [6.07, 6.45) is 1.63. The van der Waals surface area contributed by atoms with Crippen LogP contribution in [0, 0.1) is 36.5 Å². The first-order valence-electron chi connectivity index (χ1n) is 6.96. The van der Waals surface area contributed by atoms with Crippen LogP contribution >= 0.6 is 0 Å². The van der Waals surface area contributed by atoms with Crippen LogP contribution in [0.3, 0.4) is 0 Å². The van der Waals surface area contributed by atoms with Gasteiger partial charge in [-0.05, 0) is 55.8 Å². The lowest BCUT2D eigenvalue weighted by Crippen LogP contribution is -2.08. The number of aromatic nitrogens is 1. The summed E-state index contributed by atoms with van der Waals surface area (Å²) in [7, 11) is 4.02. The van der Waals surface area contributed by atoms with Crippen LogP contribution in [0.5, 0.6) is 0 Å². The molecule has 0 saturated heterocycles. The molecule has 0 aliphatic carbocycles. The van der Waals surface area contributed by atoms with E-state index in [1.165, 1.54) is 0 Å². The third-order valence-electron chi connectivity index (χ3n) is 3.64. The van der Waals surface area contributed by atoms with E-state index < -0.39 is 0 Å². The Labute approximate surface area is 131 Å². The van der Waals surface area contributed by atoms with E-state index in [4.69, 9.17) is 10.5 Å². The van der Waals surface area contributed by atoms with Crippen molar-refractivity contribution in [3.05, 3.63) is 52.9 Å². The Hall–Kier alpha value is -2.98. The molecule has 0 bridgehead atoms. The maximum Gasteiger partial charge on any atom is 0.130 e. The van der Waals surface area contributed by atoms with Gasteiger partial charge in [-0.2, -0.15) is 10.5 Å². The summed E-state index contributed by atoms with van der Waals surface area (Å²) in [5.41, 5.74) is 5.29. The average molecular weight is 290 g/mol. The van der Waals surface area contributed by atoms with Crippen molar-refractivity contribution in [2.45, 2.75) is 13.8 Å². The zero-order chi connectivity index (χ0) is 16.3. The molecule has 22 heavy (non-hydrogen) atoms. The molecule has 0 unspecified atom stereocenters. The summed E-state index contributed by atoms with van der Waals surface area (Å²) >= 11 is 0. The van der Waals surface area contributed by atoms with Gasteiger partial charge >= 0.3 is 0 Å². The van der Waals surface area contributed by atoms with E-state index in [1.54, 1.807) is 6.08 Å². The van der Waals surface area contributed by atoms with Gasteiger partial charge in [0.25, 0.3) is 0 Å². The van der Waals surface area contributed by atoms with Crippen molar-refractivity contribution in [1.82, 2.24) is 4.57 Å². The number of hydrogen-bond donors (Lipinski definition) is 0. The van der Waals surface area contributed by atoms with Gasteiger partial charge in [0, 0.05) is 36.9 Å². The number of anilines is 1. The molecule has 1 aromatic carbocycles. The van der Waals surface area contributed by atoms with Gasteiger partial charge in [-0.3, -0.25) is 0 Å². The van der Waals surface area contributed by atoms with Gasteiger partial charge in [0.1, 0.15) is 17.7 Å². The predicted molar refractivity (Wildman–Crippen MR) is 88.8 cm³/mol. The number of aryl methyl sites for hydroxylation is 1. The van der Waals surface area contributed by atoms with Crippen molar-refractivity contribution in [3.63, 3.8) is 0 Å². The molecule has 0 amide bonds. The smallest absolute Gasteiger partial charge is 0.130 e. The van der Waals surface area contributed by atoms with Crippen LogP contribution in [0.1, 0.15) is 17.0 Å². The molecule has 4 heteroatoms. The van der Waals surface area contributed by atoms with Crippen LogP contribution in [0.25, 0.3) is 11.8 Å². The van der Waals surface area contributed by atoms with Crippen LogP contribution in [0.4, 0.5) is 5.69 Å². The highest BCUT2D eigenvalue weighted by atomic mass is 15.1. The fourth-order valence-electron chi connectivity index (χ4n) is 2.48. The molecule has 110 valence electrons. The molecule has 2 rings (SSSR count). The van der Waals surface area contributed by atoms with Crippen molar-refractivity contribution < 1.29 is 0 Å². The molecule has 0 aliphatic heterocycles. The monoisotopic (exact) mass is 290 g/mol. The van der Waals surface area contributed by atoms with Crippen molar-refractivity contribution in [2.75, 3.05) is 19.0 Å². The second-order valence-corrected chi connectivity index (χ2v) is 5.35. The number of hydrogen-bond acceptors (Lipinski definition) is 3. The summed E-state index contributed by atoms with van der Waals surface area (Å²) in [6, 6.07) is 14.1. The zero-order valence-electron chi connectivity index (χ0n) is 13.3. The number of allylic oxidation sites excluding steroid dienone is 1. The molecular weight excluding hydrogens is 272 g/mol. The van der Waals surface area contributed by atoms with Gasteiger partial charge in [0.05, 0.1) is 0 Å². The minimum absolute atomic E-state index is 0.114. The van der Waals surface area contributed by atoms with E-state index in [1.807, 2.05) is 46.1 Å². The molecule has 2 aromatic rings. The van der Waals surface area contributed by atoms with E-state index in [-0.39, 0.29) is 5.57 Å². The number of nitriles is 2. The first-order chi connectivity index (χ1) is 10.5. The first kappa shape index (κ1) is 15.4. The van der Waals surface area contributed by atoms with E-state index in [0.717, 1.165) is 28.3 Å². The summed E-state index contributed by atoms with van der Waals surface area (Å²) in [4.78, 5) is 2.05. The lowest BCUT2D eigenvalue weighted by atomic mass is 10.1. The maximum atomic E-state index is 8.90. The summed E-state index contributed by atoms with van der Waals surface area (Å²) in [5, 5.41) is 17.8. The van der Waals surface area contributed by atoms with E-state index in [2.05, 4.69) is 33.7 Å². The van der Waals surface area contributed by atoms with Crippen molar-refractivity contribution in [1.29, 1.82) is 10.5 Å². The molecule has 0 atom stereocenters. The Morgan fingerprint density at radius 1 is 1.09 bits per heavy atom. The second-order valence-electron chi connectivity index (χ2n) is 5.35. The molecule has 4 nitrogen and oxygen atoms in total. The molecule has 1 heterocycles. The Morgan fingerprint density at radius 3 is 2.18 bits per heavy atom. The van der Waals surface area contributed by atoms with Gasteiger partial charge in [-0.25, -0.2) is 0 Å². The fourth-order valence-corrected chi connectivity index (χ4v) is 2.48. The predicted octanol–water partition coefficient (Wildman–Crippen LogP) is 3.59. The normalized spacial score (nSPS) is 9.73. The standard InChI is InChI=1S/C18H18N4/c1-13-9-16(10-15(11-19)12-20)14(2)22(13)18-7-5-17(6-8-18)21(3)4/h5-10H,1-4H3. The fraction of sp³-hybridized carbons (Fsp3) is 0.222. The maximum absolute atomic E-state index is 8.90. The third kappa shape index (κ3) is 2.87. The highest BCUT2D eigenvalue weighted by molar-refractivity contribution is 5.65. The third-order valence-corrected chi connectivity index (χ3v) is 3.64. The van der Waals surface area contributed by atoms with Gasteiger partial charge in [0.2, 0.25) is 0 Å². The van der Waals surface area contributed by atoms with Crippen molar-refractivity contribution in [3.8, 4) is 17.8 Å². The minimum Gasteiger partial charge on any atom is -0.378 e. The van der Waals surface area contributed by atoms with Gasteiger partial charge in [-0.15, -0.1) is 0 Å². The SMILES string of the molecule is Cc1cc(C=C(C#N)C#N)c(C)n1-c1ccc(N(C)C)cc1. The van der Waals surface area contributed by atoms with E-state index in [0.29, 0.717) is 0 Å². The highest BCUT2D eigenvalue weighted by Crippen LogP contribution is 2.24. The average Bonchev–Trinajstić information content (AvgIpc) is 2.79. The Kier molecular flexibility index (Phi) is 4.34.